The molecule has 0 fully saturated rings. The largest absolute Gasteiger partial charge is 0.490 e. The first kappa shape index (κ1) is 21.9. The molecule has 0 aliphatic rings. The maximum Gasteiger partial charge on any atom is 0.262 e. The first-order valence-corrected chi connectivity index (χ1v) is 11.3. The van der Waals surface area contributed by atoms with Crippen molar-refractivity contribution >= 4 is 34.5 Å². The molecule has 4 rings (SSSR count). The fourth-order valence-electron chi connectivity index (χ4n) is 3.04. The van der Waals surface area contributed by atoms with Gasteiger partial charge in [-0.05, 0) is 43.3 Å². The molecule has 1 N–H and O–H groups in total. The summed E-state index contributed by atoms with van der Waals surface area (Å²) in [5.41, 5.74) is 3.57. The van der Waals surface area contributed by atoms with Crippen molar-refractivity contribution in [3.05, 3.63) is 83.2 Å². The number of carbonyl (C=O) groups is 1. The third-order valence-electron chi connectivity index (χ3n) is 4.57. The number of ether oxygens (including phenoxy) is 2. The lowest BCUT2D eigenvalue weighted by atomic mass is 10.1. The average Bonchev–Trinajstić information content (AvgIpc) is 3.30. The van der Waals surface area contributed by atoms with Crippen molar-refractivity contribution < 1.29 is 14.3 Å². The molecule has 1 amide bonds. The minimum absolute atomic E-state index is 0.109. The predicted molar refractivity (Wildman–Crippen MR) is 130 cm³/mol. The average molecular weight is 465 g/mol. The Balaban J connectivity index is 1.36. The van der Waals surface area contributed by atoms with Crippen molar-refractivity contribution in [2.75, 3.05) is 18.5 Å². The van der Waals surface area contributed by atoms with E-state index >= 15 is 0 Å². The highest BCUT2D eigenvalue weighted by molar-refractivity contribution is 7.13. The van der Waals surface area contributed by atoms with Crippen LogP contribution in [0.2, 0.25) is 5.02 Å². The van der Waals surface area contributed by atoms with Gasteiger partial charge in [-0.3, -0.25) is 4.79 Å². The number of hydrogen-bond donors (Lipinski definition) is 1. The molecule has 162 valence electrons. The predicted octanol–water partition coefficient (Wildman–Crippen LogP) is 6.55. The summed E-state index contributed by atoms with van der Waals surface area (Å²) in [6.45, 7) is 2.32. The molecule has 1 heterocycles. The number of thiazole rings is 1. The molecule has 0 atom stereocenters. The second kappa shape index (κ2) is 10.3. The maximum atomic E-state index is 12.3. The first-order valence-electron chi connectivity index (χ1n) is 10.1. The molecular formula is C25H21ClN2O3S. The Morgan fingerprint density at radius 1 is 0.938 bits per heavy atom. The number of para-hydroxylation sites is 2. The molecule has 0 saturated heterocycles. The van der Waals surface area contributed by atoms with E-state index < -0.39 is 0 Å². The van der Waals surface area contributed by atoms with Crippen LogP contribution in [-0.2, 0) is 4.79 Å². The van der Waals surface area contributed by atoms with Crippen LogP contribution in [0, 0.1) is 0 Å². The van der Waals surface area contributed by atoms with Gasteiger partial charge >= 0.3 is 0 Å². The lowest BCUT2D eigenvalue weighted by molar-refractivity contribution is -0.118. The lowest BCUT2D eigenvalue weighted by Gasteiger charge is -2.11. The summed E-state index contributed by atoms with van der Waals surface area (Å²) in [5.74, 6) is 0.913. The van der Waals surface area contributed by atoms with Crippen molar-refractivity contribution in [2.24, 2.45) is 0 Å². The highest BCUT2D eigenvalue weighted by Gasteiger charge is 2.10. The van der Waals surface area contributed by atoms with Crippen LogP contribution in [0.25, 0.3) is 21.8 Å². The van der Waals surface area contributed by atoms with Gasteiger partial charge in [0.2, 0.25) is 0 Å². The van der Waals surface area contributed by atoms with E-state index in [0.29, 0.717) is 28.8 Å². The topological polar surface area (TPSA) is 60.5 Å². The van der Waals surface area contributed by atoms with Crippen molar-refractivity contribution in [1.29, 1.82) is 0 Å². The van der Waals surface area contributed by atoms with Crippen LogP contribution in [0.15, 0.2) is 78.2 Å². The van der Waals surface area contributed by atoms with Gasteiger partial charge in [0.05, 0.1) is 12.3 Å². The van der Waals surface area contributed by atoms with Crippen LogP contribution in [0.1, 0.15) is 6.92 Å². The number of nitrogens with one attached hydrogen (secondary N) is 1. The normalized spacial score (nSPS) is 10.6. The highest BCUT2D eigenvalue weighted by atomic mass is 35.5. The van der Waals surface area contributed by atoms with Gasteiger partial charge in [-0.1, -0.05) is 48.0 Å². The third-order valence-corrected chi connectivity index (χ3v) is 5.71. The zero-order valence-electron chi connectivity index (χ0n) is 17.4. The van der Waals surface area contributed by atoms with E-state index in [-0.39, 0.29) is 12.5 Å². The van der Waals surface area contributed by atoms with Crippen LogP contribution in [0.3, 0.4) is 0 Å². The summed E-state index contributed by atoms with van der Waals surface area (Å²) in [4.78, 5) is 17.0. The Morgan fingerprint density at radius 3 is 2.28 bits per heavy atom. The number of anilines is 1. The Morgan fingerprint density at radius 2 is 1.59 bits per heavy atom. The lowest BCUT2D eigenvalue weighted by Crippen LogP contribution is -2.20. The standard InChI is InChI=1S/C25H21ClN2O3S/c1-2-30-22-5-3-4-6-23(22)31-15-24(29)27-20-13-9-17(10-14-20)21-16-32-25(28-21)18-7-11-19(26)12-8-18/h3-14,16H,2,15H2,1H3,(H,27,29). The molecule has 0 bridgehead atoms. The Kier molecular flexibility index (Phi) is 7.04. The summed E-state index contributed by atoms with van der Waals surface area (Å²) in [5, 5.41) is 6.49. The second-order valence-corrected chi connectivity index (χ2v) is 8.13. The fourth-order valence-corrected chi connectivity index (χ4v) is 4.00. The molecule has 1 aromatic heterocycles. The number of benzene rings is 3. The fraction of sp³-hybridized carbons (Fsp3) is 0.120. The summed E-state index contributed by atoms with van der Waals surface area (Å²) in [7, 11) is 0. The zero-order chi connectivity index (χ0) is 22.3. The SMILES string of the molecule is CCOc1ccccc1OCC(=O)Nc1ccc(-c2csc(-c3ccc(Cl)cc3)n2)cc1. The van der Waals surface area contributed by atoms with Gasteiger partial charge in [-0.2, -0.15) is 0 Å². The van der Waals surface area contributed by atoms with E-state index in [1.807, 2.05) is 79.0 Å². The monoisotopic (exact) mass is 464 g/mol. The molecule has 3 aromatic carbocycles. The smallest absolute Gasteiger partial charge is 0.262 e. The van der Waals surface area contributed by atoms with Crippen molar-refractivity contribution in [3.63, 3.8) is 0 Å². The number of halogens is 1. The van der Waals surface area contributed by atoms with Crippen LogP contribution < -0.4 is 14.8 Å². The van der Waals surface area contributed by atoms with Crippen LogP contribution in [0.5, 0.6) is 11.5 Å². The second-order valence-electron chi connectivity index (χ2n) is 6.84. The Labute approximate surface area is 195 Å². The summed E-state index contributed by atoms with van der Waals surface area (Å²) < 4.78 is 11.1. The number of rotatable bonds is 8. The van der Waals surface area contributed by atoms with E-state index in [4.69, 9.17) is 26.1 Å². The van der Waals surface area contributed by atoms with Gasteiger partial charge in [-0.15, -0.1) is 11.3 Å². The Hall–Kier alpha value is -3.35. The molecular weight excluding hydrogens is 444 g/mol. The minimum atomic E-state index is -0.247. The molecule has 0 unspecified atom stereocenters. The van der Waals surface area contributed by atoms with E-state index in [9.17, 15) is 4.79 Å². The van der Waals surface area contributed by atoms with Gasteiger partial charge < -0.3 is 14.8 Å². The highest BCUT2D eigenvalue weighted by Crippen LogP contribution is 2.30. The molecule has 0 spiro atoms. The maximum absolute atomic E-state index is 12.3. The molecule has 4 aromatic rings. The Bertz CT molecular complexity index is 1190. The van der Waals surface area contributed by atoms with Crippen LogP contribution >= 0.6 is 22.9 Å². The molecule has 32 heavy (non-hydrogen) atoms. The van der Waals surface area contributed by atoms with Crippen molar-refractivity contribution in [3.8, 4) is 33.3 Å². The number of hydrogen-bond acceptors (Lipinski definition) is 5. The number of carbonyl (C=O) groups excluding carboxylic acids is 1. The van der Waals surface area contributed by atoms with Crippen molar-refractivity contribution in [1.82, 2.24) is 4.98 Å². The van der Waals surface area contributed by atoms with Crippen molar-refractivity contribution in [2.45, 2.75) is 6.92 Å². The number of aromatic nitrogens is 1. The third kappa shape index (κ3) is 5.46. The van der Waals surface area contributed by atoms with E-state index in [1.54, 1.807) is 17.4 Å². The quantitative estimate of drug-likeness (QED) is 0.321. The van der Waals surface area contributed by atoms with E-state index in [1.165, 1.54) is 0 Å². The van der Waals surface area contributed by atoms with Gasteiger partial charge in [0.15, 0.2) is 18.1 Å². The number of amides is 1. The van der Waals surface area contributed by atoms with E-state index in [2.05, 4.69) is 5.32 Å². The molecule has 0 saturated carbocycles. The van der Waals surface area contributed by atoms with Gasteiger partial charge in [0.1, 0.15) is 5.01 Å². The zero-order valence-corrected chi connectivity index (χ0v) is 19.0. The molecule has 0 radical (unpaired) electrons. The summed E-state index contributed by atoms with van der Waals surface area (Å²) >= 11 is 7.54. The summed E-state index contributed by atoms with van der Waals surface area (Å²) in [6.07, 6.45) is 0. The molecule has 7 heteroatoms. The van der Waals surface area contributed by atoms with Gasteiger partial charge in [0, 0.05) is 27.2 Å². The van der Waals surface area contributed by atoms with Gasteiger partial charge in [-0.25, -0.2) is 4.98 Å². The molecule has 0 aliphatic carbocycles. The van der Waals surface area contributed by atoms with Crippen LogP contribution in [-0.4, -0.2) is 24.1 Å². The summed E-state index contributed by atoms with van der Waals surface area (Å²) in [6, 6.07) is 22.5. The minimum Gasteiger partial charge on any atom is -0.490 e. The van der Waals surface area contributed by atoms with Gasteiger partial charge in [0.25, 0.3) is 5.91 Å². The van der Waals surface area contributed by atoms with Crippen LogP contribution in [0.4, 0.5) is 5.69 Å². The number of nitrogens with zero attached hydrogens (tertiary/aromatic N) is 1. The molecule has 5 nitrogen and oxygen atoms in total. The first-order chi connectivity index (χ1) is 15.6. The molecule has 0 aliphatic heterocycles. The van der Waals surface area contributed by atoms with E-state index in [0.717, 1.165) is 21.8 Å².